The van der Waals surface area contributed by atoms with E-state index < -0.39 is 42.1 Å². The molecule has 0 fully saturated rings. The largest absolute Gasteiger partial charge is 0.445 e. The van der Waals surface area contributed by atoms with Crippen molar-refractivity contribution in [3.63, 3.8) is 0 Å². The van der Waals surface area contributed by atoms with E-state index in [9.17, 15) is 24.3 Å². The quantitative estimate of drug-likeness (QED) is 0.118. The normalized spacial score (nSPS) is 14.3. The number of ether oxygens (including phenoxy) is 1. The fourth-order valence-electron chi connectivity index (χ4n) is 5.60. The minimum atomic E-state index is -1.12. The molecule has 0 aliphatic heterocycles. The molecule has 0 aliphatic rings. The Morgan fingerprint density at radius 1 is 0.800 bits per heavy atom. The maximum atomic E-state index is 14.0. The lowest BCUT2D eigenvalue weighted by Crippen LogP contribution is -2.57. The summed E-state index contributed by atoms with van der Waals surface area (Å²) in [4.78, 5) is 57.9. The Hall–Kier alpha value is -4.51. The number of hydrogen-bond acceptors (Lipinski definition) is 7. The number of nitrogens with zero attached hydrogens (tertiary/aromatic N) is 1. The lowest BCUT2D eigenvalue weighted by molar-refractivity contribution is -0.131. The van der Waals surface area contributed by atoms with Gasteiger partial charge in [0.2, 0.25) is 17.7 Å². The summed E-state index contributed by atoms with van der Waals surface area (Å²) >= 11 is 0. The number of hydrogen-bond donors (Lipinski definition) is 5. The van der Waals surface area contributed by atoms with Gasteiger partial charge in [-0.2, -0.15) is 0 Å². The van der Waals surface area contributed by atoms with Crippen LogP contribution in [0, 0.1) is 17.8 Å². The summed E-state index contributed by atoms with van der Waals surface area (Å²) in [6.45, 7) is 12.4. The van der Waals surface area contributed by atoms with Crippen molar-refractivity contribution < 1.29 is 29.0 Å². The Morgan fingerprint density at radius 2 is 1.50 bits per heavy atom. The van der Waals surface area contributed by atoms with Gasteiger partial charge in [-0.15, -0.1) is 0 Å². The molecule has 1 aromatic heterocycles. The van der Waals surface area contributed by atoms with Gasteiger partial charge in [0.15, 0.2) is 0 Å². The topological polar surface area (TPSA) is 159 Å². The van der Waals surface area contributed by atoms with Crippen LogP contribution in [0.1, 0.15) is 78.4 Å². The van der Waals surface area contributed by atoms with Crippen molar-refractivity contribution in [3.8, 4) is 0 Å². The van der Waals surface area contributed by atoms with E-state index in [4.69, 9.17) is 4.74 Å². The molecule has 0 radical (unpaired) electrons. The third kappa shape index (κ3) is 13.4. The number of aliphatic hydroxyl groups excluding tert-OH is 1. The molecule has 0 saturated carbocycles. The molecule has 3 aromatic rings. The summed E-state index contributed by atoms with van der Waals surface area (Å²) in [6.07, 6.45) is 1.40. The fraction of sp³-hybridized carbons (Fsp3) is 0.513. The van der Waals surface area contributed by atoms with Gasteiger partial charge in [-0.05, 0) is 53.9 Å². The Balaban J connectivity index is 1.80. The van der Waals surface area contributed by atoms with Crippen molar-refractivity contribution in [3.05, 3.63) is 78.0 Å². The Bertz CT molecular complexity index is 1530. The highest BCUT2D eigenvalue weighted by molar-refractivity contribution is 5.92. The van der Waals surface area contributed by atoms with Crippen molar-refractivity contribution in [1.29, 1.82) is 0 Å². The van der Waals surface area contributed by atoms with E-state index in [-0.39, 0.29) is 37.2 Å². The maximum absolute atomic E-state index is 14.0. The van der Waals surface area contributed by atoms with Crippen LogP contribution in [0.2, 0.25) is 0 Å². The van der Waals surface area contributed by atoms with E-state index in [1.807, 2.05) is 102 Å². The SMILES string of the molecule is CCC(C)CNC(=O)C[C@H](O)[C@H](CC(C)C)NC(=O)[C@H](CC(C)C)NC(=O)[C@H](Cc1cccc2ncccc12)NC(=O)OCc1ccccc1. The standard InChI is InChI=1S/C39H55N5O6/c1-7-27(6)23-41-36(46)22-35(45)32(19-25(2)3)42-37(47)33(20-26(4)5)43-38(48)34(44-39(49)50-24-28-13-9-8-10-14-28)21-29-15-11-17-31-30(29)16-12-18-40-31/h8-18,25-27,32-35,45H,7,19-24H2,1-6H3,(H,41,46)(H,42,47)(H,43,48)(H,44,49)/t27?,32-,33-,34-,35-/m0/s1. The minimum Gasteiger partial charge on any atom is -0.445 e. The first-order valence-corrected chi connectivity index (χ1v) is 17.7. The Morgan fingerprint density at radius 3 is 2.18 bits per heavy atom. The zero-order valence-electron chi connectivity index (χ0n) is 30.3. The van der Waals surface area contributed by atoms with E-state index in [0.29, 0.717) is 25.3 Å². The lowest BCUT2D eigenvalue weighted by Gasteiger charge is -2.29. The van der Waals surface area contributed by atoms with Crippen LogP contribution in [0.3, 0.4) is 0 Å². The molecule has 11 heteroatoms. The second kappa shape index (κ2) is 20.2. The number of nitrogens with one attached hydrogen (secondary N) is 4. The molecule has 2 aromatic carbocycles. The second-order valence-corrected chi connectivity index (χ2v) is 14.0. The van der Waals surface area contributed by atoms with Gasteiger partial charge in [0, 0.05) is 24.5 Å². The van der Waals surface area contributed by atoms with Gasteiger partial charge in [0.1, 0.15) is 18.7 Å². The van der Waals surface area contributed by atoms with E-state index in [1.54, 1.807) is 6.20 Å². The predicted octanol–water partition coefficient (Wildman–Crippen LogP) is 5.05. The van der Waals surface area contributed by atoms with Gasteiger partial charge in [-0.1, -0.05) is 96.5 Å². The van der Waals surface area contributed by atoms with Crippen LogP contribution in [0.15, 0.2) is 66.9 Å². The highest BCUT2D eigenvalue weighted by atomic mass is 16.5. The zero-order valence-corrected chi connectivity index (χ0v) is 30.3. The number of fused-ring (bicyclic) bond motifs is 1. The van der Waals surface area contributed by atoms with Gasteiger partial charge in [0.25, 0.3) is 0 Å². The number of alkyl carbamates (subject to hydrolysis) is 1. The van der Waals surface area contributed by atoms with Gasteiger partial charge < -0.3 is 31.1 Å². The number of rotatable bonds is 19. The monoisotopic (exact) mass is 689 g/mol. The average Bonchev–Trinajstić information content (AvgIpc) is 3.08. The Labute approximate surface area is 296 Å². The minimum absolute atomic E-state index is 0.0206. The van der Waals surface area contributed by atoms with Crippen molar-refractivity contribution in [2.24, 2.45) is 17.8 Å². The van der Waals surface area contributed by atoms with E-state index in [0.717, 1.165) is 28.5 Å². The number of aromatic nitrogens is 1. The molecule has 0 bridgehead atoms. The highest BCUT2D eigenvalue weighted by Gasteiger charge is 2.32. The van der Waals surface area contributed by atoms with Gasteiger partial charge in [-0.25, -0.2) is 4.79 Å². The molecule has 5 atom stereocenters. The van der Waals surface area contributed by atoms with Gasteiger partial charge in [0.05, 0.1) is 24.1 Å². The molecule has 0 aliphatic carbocycles. The van der Waals surface area contributed by atoms with E-state index in [1.165, 1.54) is 0 Å². The Kier molecular flexibility index (Phi) is 16.2. The van der Waals surface area contributed by atoms with Crippen LogP contribution in [0.5, 0.6) is 0 Å². The van der Waals surface area contributed by atoms with Crippen LogP contribution < -0.4 is 21.3 Å². The summed E-state index contributed by atoms with van der Waals surface area (Å²) in [5, 5.41) is 23.3. The molecule has 1 unspecified atom stereocenters. The van der Waals surface area contributed by atoms with E-state index >= 15 is 0 Å². The number of amides is 4. The summed E-state index contributed by atoms with van der Waals surface area (Å²) in [5.41, 5.74) is 2.33. The molecule has 1 heterocycles. The summed E-state index contributed by atoms with van der Waals surface area (Å²) in [5.74, 6) is -0.877. The highest BCUT2D eigenvalue weighted by Crippen LogP contribution is 2.19. The number of pyridine rings is 1. The second-order valence-electron chi connectivity index (χ2n) is 14.0. The first-order valence-electron chi connectivity index (χ1n) is 17.7. The third-order valence-corrected chi connectivity index (χ3v) is 8.58. The van der Waals surface area contributed by atoms with Crippen molar-refractivity contribution in [1.82, 2.24) is 26.3 Å². The third-order valence-electron chi connectivity index (χ3n) is 8.58. The average molecular weight is 690 g/mol. The smallest absolute Gasteiger partial charge is 0.408 e. The number of benzene rings is 2. The van der Waals surface area contributed by atoms with Crippen molar-refractivity contribution in [2.75, 3.05) is 6.54 Å². The molecule has 11 nitrogen and oxygen atoms in total. The number of carbonyl (C=O) groups excluding carboxylic acids is 4. The van der Waals surface area contributed by atoms with Crippen molar-refractivity contribution >= 4 is 34.7 Å². The molecule has 272 valence electrons. The molecule has 4 amide bonds. The number of aliphatic hydroxyl groups is 1. The molecular weight excluding hydrogens is 634 g/mol. The predicted molar refractivity (Wildman–Crippen MR) is 195 cm³/mol. The molecule has 5 N–H and O–H groups in total. The molecule has 0 spiro atoms. The maximum Gasteiger partial charge on any atom is 0.408 e. The first kappa shape index (κ1) is 39.9. The van der Waals surface area contributed by atoms with Crippen LogP contribution in [0.25, 0.3) is 10.9 Å². The molecular formula is C39H55N5O6. The van der Waals surface area contributed by atoms with Crippen molar-refractivity contribution in [2.45, 2.75) is 104 Å². The fourth-order valence-corrected chi connectivity index (χ4v) is 5.60. The van der Waals surface area contributed by atoms with Crippen LogP contribution in [0.4, 0.5) is 4.79 Å². The number of carbonyl (C=O) groups is 4. The summed E-state index contributed by atoms with van der Waals surface area (Å²) in [6, 6.07) is 15.7. The lowest BCUT2D eigenvalue weighted by atomic mass is 9.95. The summed E-state index contributed by atoms with van der Waals surface area (Å²) < 4.78 is 5.45. The van der Waals surface area contributed by atoms with Crippen LogP contribution >= 0.6 is 0 Å². The first-order chi connectivity index (χ1) is 23.9. The van der Waals surface area contributed by atoms with Crippen LogP contribution in [-0.2, 0) is 32.1 Å². The summed E-state index contributed by atoms with van der Waals surface area (Å²) in [7, 11) is 0. The molecule has 50 heavy (non-hydrogen) atoms. The van der Waals surface area contributed by atoms with Gasteiger partial charge in [-0.3, -0.25) is 19.4 Å². The van der Waals surface area contributed by atoms with E-state index in [2.05, 4.69) is 26.3 Å². The molecule has 0 saturated heterocycles. The zero-order chi connectivity index (χ0) is 36.6. The molecule has 3 rings (SSSR count). The van der Waals surface area contributed by atoms with Crippen LogP contribution in [-0.4, -0.2) is 64.7 Å². The van der Waals surface area contributed by atoms with Gasteiger partial charge >= 0.3 is 6.09 Å².